The van der Waals surface area contributed by atoms with Crippen molar-refractivity contribution >= 4 is 29.5 Å². The van der Waals surface area contributed by atoms with E-state index in [1.807, 2.05) is 11.8 Å². The molecular formula is C19H32O3S2. The Labute approximate surface area is 155 Å². The fourth-order valence-corrected chi connectivity index (χ4v) is 6.25. The zero-order chi connectivity index (χ0) is 17.2. The summed E-state index contributed by atoms with van der Waals surface area (Å²) >= 11 is 4.09. The molecule has 2 rings (SSSR count). The van der Waals surface area contributed by atoms with Gasteiger partial charge >= 0.3 is 5.97 Å². The van der Waals surface area contributed by atoms with E-state index in [0.717, 1.165) is 18.1 Å². The average molecular weight is 373 g/mol. The molecule has 138 valence electrons. The van der Waals surface area contributed by atoms with Crippen LogP contribution in [0.4, 0.5) is 0 Å². The lowest BCUT2D eigenvalue weighted by atomic mass is 9.81. The minimum Gasteiger partial charge on any atom is -0.478 e. The Morgan fingerprint density at radius 2 is 1.75 bits per heavy atom. The smallest absolute Gasteiger partial charge is 0.327 e. The molecule has 0 amide bonds. The van der Waals surface area contributed by atoms with Gasteiger partial charge in [-0.1, -0.05) is 32.3 Å². The van der Waals surface area contributed by atoms with Crippen LogP contribution in [0.1, 0.15) is 51.9 Å². The molecule has 0 aliphatic carbocycles. The van der Waals surface area contributed by atoms with Crippen LogP contribution in [0, 0.1) is 11.8 Å². The van der Waals surface area contributed by atoms with Crippen LogP contribution in [0.3, 0.4) is 0 Å². The summed E-state index contributed by atoms with van der Waals surface area (Å²) in [4.78, 5) is 10.4. The summed E-state index contributed by atoms with van der Waals surface area (Å²) in [6.45, 7) is 2.26. The van der Waals surface area contributed by atoms with E-state index in [4.69, 9.17) is 9.84 Å². The number of unbranched alkanes of at least 4 members (excludes halogenated alkanes) is 3. The standard InChI is InChI=1S/C19H32O3S2/c1-2-3-4-6-11-23-13-15-16(18-10-9-17(15)22-18)14-24-12-7-5-8-19(20)21/h5,8,15-18H,2-4,6-7,9-14H2,1H3,(H,20,21)/t15-,16+,17-,18+/m1/s1. The van der Waals surface area contributed by atoms with Gasteiger partial charge in [0.15, 0.2) is 0 Å². The molecule has 0 radical (unpaired) electrons. The molecule has 2 heterocycles. The molecular weight excluding hydrogens is 340 g/mol. The maximum absolute atomic E-state index is 10.4. The van der Waals surface area contributed by atoms with Crippen LogP contribution in [-0.4, -0.2) is 46.3 Å². The van der Waals surface area contributed by atoms with Crippen molar-refractivity contribution in [3.63, 3.8) is 0 Å². The third-order valence-corrected chi connectivity index (χ3v) is 7.39. The number of carboxylic acids is 1. The van der Waals surface area contributed by atoms with Crippen molar-refractivity contribution in [2.24, 2.45) is 11.8 Å². The Morgan fingerprint density at radius 1 is 1.08 bits per heavy atom. The Morgan fingerprint density at radius 3 is 2.38 bits per heavy atom. The fraction of sp³-hybridized carbons (Fsp3) is 0.842. The van der Waals surface area contributed by atoms with E-state index in [9.17, 15) is 4.79 Å². The highest BCUT2D eigenvalue weighted by Gasteiger charge is 2.48. The molecule has 4 atom stereocenters. The van der Waals surface area contributed by atoms with E-state index in [2.05, 4.69) is 18.7 Å². The van der Waals surface area contributed by atoms with Gasteiger partial charge in [0.1, 0.15) is 0 Å². The van der Waals surface area contributed by atoms with Gasteiger partial charge in [-0.05, 0) is 48.7 Å². The largest absolute Gasteiger partial charge is 0.478 e. The molecule has 2 aliphatic heterocycles. The van der Waals surface area contributed by atoms with Gasteiger partial charge in [-0.3, -0.25) is 0 Å². The fourth-order valence-electron chi connectivity index (χ4n) is 3.74. The summed E-state index contributed by atoms with van der Waals surface area (Å²) in [5.74, 6) is 5.34. The first-order valence-electron chi connectivity index (χ1n) is 9.42. The molecule has 0 unspecified atom stereocenters. The summed E-state index contributed by atoms with van der Waals surface area (Å²) in [5.41, 5.74) is 0. The zero-order valence-electron chi connectivity index (χ0n) is 14.8. The number of allylic oxidation sites excluding steroid dienone is 1. The molecule has 1 N–H and O–H groups in total. The summed E-state index contributed by atoms with van der Waals surface area (Å²) in [5, 5.41) is 8.59. The third-order valence-electron chi connectivity index (χ3n) is 5.04. The molecule has 24 heavy (non-hydrogen) atoms. The number of hydrogen-bond donors (Lipinski definition) is 1. The quantitative estimate of drug-likeness (QED) is 0.370. The molecule has 2 bridgehead atoms. The predicted octanol–water partition coefficient (Wildman–Crippen LogP) is 4.86. The van der Waals surface area contributed by atoms with E-state index in [-0.39, 0.29) is 0 Å². The Hall–Kier alpha value is -0.130. The highest BCUT2D eigenvalue weighted by molar-refractivity contribution is 7.99. The van der Waals surface area contributed by atoms with E-state index in [0.29, 0.717) is 18.1 Å². The monoisotopic (exact) mass is 372 g/mol. The van der Waals surface area contributed by atoms with Crippen LogP contribution in [0.5, 0.6) is 0 Å². The van der Waals surface area contributed by atoms with E-state index < -0.39 is 5.97 Å². The number of hydrogen-bond acceptors (Lipinski definition) is 4. The van der Waals surface area contributed by atoms with E-state index in [1.54, 1.807) is 6.08 Å². The van der Waals surface area contributed by atoms with Crippen LogP contribution >= 0.6 is 23.5 Å². The average Bonchev–Trinajstić information content (AvgIpc) is 3.15. The highest BCUT2D eigenvalue weighted by Crippen LogP contribution is 2.46. The van der Waals surface area contributed by atoms with Gasteiger partial charge in [0, 0.05) is 17.9 Å². The van der Waals surface area contributed by atoms with E-state index >= 15 is 0 Å². The summed E-state index contributed by atoms with van der Waals surface area (Å²) in [6.07, 6.45) is 12.8. The van der Waals surface area contributed by atoms with Crippen LogP contribution in [0.15, 0.2) is 12.2 Å². The minimum atomic E-state index is -0.850. The number of aliphatic carboxylic acids is 1. The van der Waals surface area contributed by atoms with Gasteiger partial charge in [-0.25, -0.2) is 4.79 Å². The van der Waals surface area contributed by atoms with Crippen molar-refractivity contribution in [1.82, 2.24) is 0 Å². The lowest BCUT2D eigenvalue weighted by Crippen LogP contribution is -2.30. The van der Waals surface area contributed by atoms with Crippen LogP contribution < -0.4 is 0 Å². The van der Waals surface area contributed by atoms with Gasteiger partial charge in [0.25, 0.3) is 0 Å². The maximum atomic E-state index is 10.4. The molecule has 0 saturated carbocycles. The lowest BCUT2D eigenvalue weighted by Gasteiger charge is -2.27. The SMILES string of the molecule is CCCCCCSC[C@@H]1[C@H](CSCCC=CC(=O)O)[C@@H]2CC[C@H]1O2. The van der Waals surface area contributed by atoms with Gasteiger partial charge in [-0.15, -0.1) is 0 Å². The number of ether oxygens (including phenoxy) is 1. The number of fused-ring (bicyclic) bond motifs is 2. The molecule has 0 aromatic carbocycles. The summed E-state index contributed by atoms with van der Waals surface area (Å²) < 4.78 is 6.18. The second-order valence-electron chi connectivity index (χ2n) is 6.86. The highest BCUT2D eigenvalue weighted by atomic mass is 32.2. The van der Waals surface area contributed by atoms with Crippen molar-refractivity contribution in [3.8, 4) is 0 Å². The molecule has 2 saturated heterocycles. The second-order valence-corrected chi connectivity index (χ2v) is 9.16. The van der Waals surface area contributed by atoms with Crippen LogP contribution in [-0.2, 0) is 9.53 Å². The van der Waals surface area contributed by atoms with Gasteiger partial charge in [0.05, 0.1) is 12.2 Å². The molecule has 0 aromatic heterocycles. The van der Waals surface area contributed by atoms with Gasteiger partial charge in [0.2, 0.25) is 0 Å². The normalized spacial score (nSPS) is 28.9. The Kier molecular flexibility index (Phi) is 9.65. The van der Waals surface area contributed by atoms with Crippen molar-refractivity contribution in [2.45, 2.75) is 64.1 Å². The van der Waals surface area contributed by atoms with Gasteiger partial charge in [-0.2, -0.15) is 23.5 Å². The first-order valence-corrected chi connectivity index (χ1v) is 11.7. The molecule has 2 aliphatic rings. The number of thioether (sulfide) groups is 2. The molecule has 3 nitrogen and oxygen atoms in total. The minimum absolute atomic E-state index is 0.489. The molecule has 0 aromatic rings. The van der Waals surface area contributed by atoms with E-state index in [1.165, 1.54) is 61.9 Å². The maximum Gasteiger partial charge on any atom is 0.327 e. The predicted molar refractivity (Wildman–Crippen MR) is 105 cm³/mol. The topological polar surface area (TPSA) is 46.5 Å². The van der Waals surface area contributed by atoms with Crippen LogP contribution in [0.2, 0.25) is 0 Å². The lowest BCUT2D eigenvalue weighted by molar-refractivity contribution is -0.131. The first kappa shape index (κ1) is 20.2. The van der Waals surface area contributed by atoms with Crippen molar-refractivity contribution in [1.29, 1.82) is 0 Å². The molecule has 2 fully saturated rings. The Bertz CT molecular complexity index is 400. The molecule has 0 spiro atoms. The summed E-state index contributed by atoms with van der Waals surface area (Å²) in [7, 11) is 0. The summed E-state index contributed by atoms with van der Waals surface area (Å²) in [6, 6.07) is 0. The molecule has 5 heteroatoms. The van der Waals surface area contributed by atoms with Crippen molar-refractivity contribution in [2.75, 3.05) is 23.0 Å². The Balaban J connectivity index is 1.63. The first-order chi connectivity index (χ1) is 11.7. The zero-order valence-corrected chi connectivity index (χ0v) is 16.5. The number of carboxylic acid groups (broad SMARTS) is 1. The van der Waals surface area contributed by atoms with Crippen molar-refractivity contribution in [3.05, 3.63) is 12.2 Å². The van der Waals surface area contributed by atoms with Crippen molar-refractivity contribution < 1.29 is 14.6 Å². The number of rotatable bonds is 13. The second kappa shape index (κ2) is 11.5. The number of carbonyl (C=O) groups is 1. The third kappa shape index (κ3) is 6.64. The van der Waals surface area contributed by atoms with Crippen LogP contribution in [0.25, 0.3) is 0 Å². The van der Waals surface area contributed by atoms with Gasteiger partial charge < -0.3 is 9.84 Å².